The Labute approximate surface area is 157 Å². The van der Waals surface area contributed by atoms with Crippen LogP contribution in [0.4, 0.5) is 14.9 Å². The monoisotopic (exact) mass is 373 g/mol. The van der Waals surface area contributed by atoms with Gasteiger partial charge in [-0.15, -0.1) is 0 Å². The maximum absolute atomic E-state index is 13.7. The van der Waals surface area contributed by atoms with E-state index in [9.17, 15) is 9.18 Å². The molecule has 7 nitrogen and oxygen atoms in total. The Morgan fingerprint density at radius 3 is 2.89 bits per heavy atom. The van der Waals surface area contributed by atoms with Crippen molar-refractivity contribution in [3.63, 3.8) is 0 Å². The van der Waals surface area contributed by atoms with Crippen molar-refractivity contribution < 1.29 is 13.9 Å². The van der Waals surface area contributed by atoms with Gasteiger partial charge in [0.15, 0.2) is 0 Å². The SMILES string of the molecule is O=C(Nc1cnn(Cc2ccccc2F)c1)N[C@H]1COC[C@@H]1N1CCCC1. The zero-order valence-electron chi connectivity index (χ0n) is 15.1. The number of hydrogen-bond donors (Lipinski definition) is 2. The van der Waals surface area contributed by atoms with Crippen LogP contribution in [0.25, 0.3) is 0 Å². The van der Waals surface area contributed by atoms with Crippen LogP contribution in [0.5, 0.6) is 0 Å². The summed E-state index contributed by atoms with van der Waals surface area (Å²) in [5, 5.41) is 10.00. The first-order valence-electron chi connectivity index (χ1n) is 9.34. The van der Waals surface area contributed by atoms with Gasteiger partial charge in [0.25, 0.3) is 0 Å². The molecule has 0 unspecified atom stereocenters. The summed E-state index contributed by atoms with van der Waals surface area (Å²) < 4.78 is 20.9. The van der Waals surface area contributed by atoms with Gasteiger partial charge in [-0.2, -0.15) is 5.10 Å². The van der Waals surface area contributed by atoms with Crippen LogP contribution in [0.1, 0.15) is 18.4 Å². The summed E-state index contributed by atoms with van der Waals surface area (Å²) in [6.07, 6.45) is 5.66. The summed E-state index contributed by atoms with van der Waals surface area (Å²) in [5.41, 5.74) is 1.12. The van der Waals surface area contributed by atoms with E-state index in [1.165, 1.54) is 18.9 Å². The van der Waals surface area contributed by atoms with Crippen LogP contribution in [0.2, 0.25) is 0 Å². The lowest BCUT2D eigenvalue weighted by molar-refractivity contribution is 0.159. The Morgan fingerprint density at radius 2 is 2.07 bits per heavy atom. The summed E-state index contributed by atoms with van der Waals surface area (Å²) in [4.78, 5) is 14.8. The number of nitrogens with zero attached hydrogens (tertiary/aromatic N) is 3. The molecule has 4 rings (SSSR count). The molecule has 144 valence electrons. The molecule has 2 aliphatic rings. The predicted molar refractivity (Wildman–Crippen MR) is 99.1 cm³/mol. The van der Waals surface area contributed by atoms with Crippen LogP contribution >= 0.6 is 0 Å². The van der Waals surface area contributed by atoms with Crippen molar-refractivity contribution in [3.05, 3.63) is 48.0 Å². The number of carbonyl (C=O) groups excluding carboxylic acids is 1. The van der Waals surface area contributed by atoms with Gasteiger partial charge in [-0.3, -0.25) is 9.58 Å². The number of ether oxygens (including phenoxy) is 1. The summed E-state index contributed by atoms with van der Waals surface area (Å²) in [6, 6.07) is 6.52. The molecule has 0 radical (unpaired) electrons. The molecular weight excluding hydrogens is 349 g/mol. The summed E-state index contributed by atoms with van der Waals surface area (Å²) in [5.74, 6) is -0.269. The minimum Gasteiger partial charge on any atom is -0.378 e. The topological polar surface area (TPSA) is 71.4 Å². The number of halogens is 1. The minimum absolute atomic E-state index is 0.0171. The number of aromatic nitrogens is 2. The molecule has 0 bridgehead atoms. The van der Waals surface area contributed by atoms with Crippen LogP contribution in [-0.2, 0) is 11.3 Å². The highest BCUT2D eigenvalue weighted by atomic mass is 19.1. The standard InChI is InChI=1S/C19H24FN5O2/c20-16-6-2-1-5-14(16)10-25-11-15(9-21-25)22-19(26)23-17-12-27-13-18(17)24-7-3-4-8-24/h1-2,5-6,9,11,17-18H,3-4,7-8,10,12-13H2,(H2,22,23,26)/t17-,18-/m0/s1. The molecule has 27 heavy (non-hydrogen) atoms. The minimum atomic E-state index is -0.278. The van der Waals surface area contributed by atoms with E-state index in [1.807, 2.05) is 0 Å². The van der Waals surface area contributed by atoms with E-state index in [2.05, 4.69) is 20.6 Å². The van der Waals surface area contributed by atoms with Gasteiger partial charge in [-0.25, -0.2) is 9.18 Å². The van der Waals surface area contributed by atoms with E-state index in [1.54, 1.807) is 35.3 Å². The lowest BCUT2D eigenvalue weighted by atomic mass is 10.1. The molecule has 2 saturated heterocycles. The van der Waals surface area contributed by atoms with E-state index in [0.717, 1.165) is 13.1 Å². The molecule has 2 amide bonds. The molecule has 2 fully saturated rings. The van der Waals surface area contributed by atoms with Crippen molar-refractivity contribution in [2.24, 2.45) is 0 Å². The predicted octanol–water partition coefficient (Wildman–Crippen LogP) is 2.06. The molecule has 3 heterocycles. The Balaban J connectivity index is 1.32. The Morgan fingerprint density at radius 1 is 1.26 bits per heavy atom. The number of urea groups is 1. The molecule has 2 aromatic rings. The Hall–Kier alpha value is -2.45. The van der Waals surface area contributed by atoms with Crippen molar-refractivity contribution in [3.8, 4) is 0 Å². The van der Waals surface area contributed by atoms with Gasteiger partial charge in [0.05, 0.1) is 43.7 Å². The van der Waals surface area contributed by atoms with Gasteiger partial charge in [0.2, 0.25) is 0 Å². The maximum atomic E-state index is 13.7. The van der Waals surface area contributed by atoms with E-state index in [-0.39, 0.29) is 23.9 Å². The zero-order valence-corrected chi connectivity index (χ0v) is 15.1. The van der Waals surface area contributed by atoms with Crippen LogP contribution < -0.4 is 10.6 Å². The highest BCUT2D eigenvalue weighted by Gasteiger charge is 2.35. The number of rotatable bonds is 5. The lowest BCUT2D eigenvalue weighted by Crippen LogP contribution is -2.51. The third-order valence-corrected chi connectivity index (χ3v) is 5.16. The van der Waals surface area contributed by atoms with E-state index < -0.39 is 0 Å². The summed E-state index contributed by atoms with van der Waals surface area (Å²) >= 11 is 0. The quantitative estimate of drug-likeness (QED) is 0.842. The number of hydrogen-bond acceptors (Lipinski definition) is 4. The highest BCUT2D eigenvalue weighted by molar-refractivity contribution is 5.89. The Kier molecular flexibility index (Phi) is 5.35. The molecule has 2 atom stereocenters. The van der Waals surface area contributed by atoms with Gasteiger partial charge in [-0.1, -0.05) is 18.2 Å². The number of nitrogens with one attached hydrogen (secondary N) is 2. The van der Waals surface area contributed by atoms with Crippen LogP contribution in [0.3, 0.4) is 0 Å². The van der Waals surface area contributed by atoms with Gasteiger partial charge >= 0.3 is 6.03 Å². The zero-order chi connectivity index (χ0) is 18.6. The van der Waals surface area contributed by atoms with E-state index >= 15 is 0 Å². The molecule has 8 heteroatoms. The third-order valence-electron chi connectivity index (χ3n) is 5.16. The molecule has 1 aromatic heterocycles. The normalized spacial score (nSPS) is 22.9. The molecule has 0 saturated carbocycles. The average Bonchev–Trinajstić information content (AvgIpc) is 3.39. The molecule has 2 N–H and O–H groups in total. The molecular formula is C19H24FN5O2. The molecule has 0 spiro atoms. The van der Waals surface area contributed by atoms with E-state index in [0.29, 0.717) is 31.0 Å². The first-order chi connectivity index (χ1) is 13.2. The maximum Gasteiger partial charge on any atom is 0.319 e. The van der Waals surface area contributed by atoms with Crippen molar-refractivity contribution >= 4 is 11.7 Å². The lowest BCUT2D eigenvalue weighted by Gasteiger charge is -2.27. The smallest absolute Gasteiger partial charge is 0.319 e. The molecule has 2 aliphatic heterocycles. The van der Waals surface area contributed by atoms with Crippen LogP contribution in [0.15, 0.2) is 36.7 Å². The molecule has 0 aliphatic carbocycles. The number of amides is 2. The van der Waals surface area contributed by atoms with Gasteiger partial charge in [-0.05, 0) is 32.0 Å². The number of carbonyl (C=O) groups is 1. The fourth-order valence-electron chi connectivity index (χ4n) is 3.77. The second-order valence-corrected chi connectivity index (χ2v) is 7.07. The second kappa shape index (κ2) is 8.06. The van der Waals surface area contributed by atoms with Crippen molar-refractivity contribution in [1.29, 1.82) is 0 Å². The first kappa shape index (κ1) is 17.9. The third kappa shape index (κ3) is 4.28. The van der Waals surface area contributed by atoms with E-state index in [4.69, 9.17) is 4.74 Å². The summed E-state index contributed by atoms with van der Waals surface area (Å²) in [7, 11) is 0. The van der Waals surface area contributed by atoms with Gasteiger partial charge in [0.1, 0.15) is 5.82 Å². The Bertz CT molecular complexity index is 790. The highest BCUT2D eigenvalue weighted by Crippen LogP contribution is 2.19. The molecule has 1 aromatic carbocycles. The van der Waals surface area contributed by atoms with Crippen LogP contribution in [0, 0.1) is 5.82 Å². The first-order valence-corrected chi connectivity index (χ1v) is 9.34. The average molecular weight is 373 g/mol. The van der Waals surface area contributed by atoms with Crippen molar-refractivity contribution in [1.82, 2.24) is 20.0 Å². The van der Waals surface area contributed by atoms with Gasteiger partial charge in [0, 0.05) is 11.8 Å². The fraction of sp³-hybridized carbons (Fsp3) is 0.474. The second-order valence-electron chi connectivity index (χ2n) is 7.07. The van der Waals surface area contributed by atoms with Gasteiger partial charge < -0.3 is 15.4 Å². The summed E-state index contributed by atoms with van der Waals surface area (Å²) in [6.45, 7) is 3.63. The number of likely N-dealkylation sites (tertiary alicyclic amines) is 1. The largest absolute Gasteiger partial charge is 0.378 e. The number of anilines is 1. The number of benzene rings is 1. The fourth-order valence-corrected chi connectivity index (χ4v) is 3.77. The van der Waals surface area contributed by atoms with Crippen LogP contribution in [-0.4, -0.2) is 59.1 Å². The van der Waals surface area contributed by atoms with Crippen molar-refractivity contribution in [2.45, 2.75) is 31.5 Å². The van der Waals surface area contributed by atoms with Crippen molar-refractivity contribution in [2.75, 3.05) is 31.6 Å².